The minimum absolute atomic E-state index is 0.0432. The van der Waals surface area contributed by atoms with Crippen molar-refractivity contribution in [2.24, 2.45) is 0 Å². The zero-order chi connectivity index (χ0) is 13.3. The minimum Gasteiger partial charge on any atom is -0.363 e. The van der Waals surface area contributed by atoms with E-state index >= 15 is 0 Å². The number of halogens is 1. The zero-order valence-electron chi connectivity index (χ0n) is 10.8. The molecule has 18 heavy (non-hydrogen) atoms. The van der Waals surface area contributed by atoms with Gasteiger partial charge in [0.15, 0.2) is 0 Å². The number of nitrogens with one attached hydrogen (secondary N) is 1. The van der Waals surface area contributed by atoms with Crippen LogP contribution in [0.2, 0.25) is 5.15 Å². The molecule has 0 aliphatic heterocycles. The first-order chi connectivity index (χ1) is 8.47. The molecule has 1 atom stereocenters. The summed E-state index contributed by atoms with van der Waals surface area (Å²) < 4.78 is 5.15. The maximum Gasteiger partial charge on any atom is 0.139 e. The van der Waals surface area contributed by atoms with Gasteiger partial charge < -0.3 is 9.84 Å². The molecule has 0 bridgehead atoms. The van der Waals surface area contributed by atoms with Gasteiger partial charge >= 0.3 is 0 Å². The first-order valence-corrected chi connectivity index (χ1v) is 6.05. The lowest BCUT2D eigenvalue weighted by molar-refractivity contribution is 0.392. The van der Waals surface area contributed by atoms with Crippen LogP contribution in [-0.4, -0.2) is 15.1 Å². The third-order valence-corrected chi connectivity index (χ3v) is 2.89. The zero-order valence-corrected chi connectivity index (χ0v) is 11.5. The molecule has 96 valence electrons. The summed E-state index contributed by atoms with van der Waals surface area (Å²) in [7, 11) is 0. The van der Waals surface area contributed by atoms with E-state index in [1.165, 1.54) is 0 Å². The SMILES string of the molecule is Cc1nc(Cl)cc(NC(C)c2c(C)noc2C)n1. The standard InChI is InChI=1S/C12H15ClN4O/c1-6(12-7(2)17-18-8(12)3)14-11-5-10(13)15-9(4)16-11/h5-6H,1-4H3,(H,14,15,16). The molecule has 0 amide bonds. The second-order valence-electron chi connectivity index (χ2n) is 4.23. The van der Waals surface area contributed by atoms with Gasteiger partial charge in [-0.3, -0.25) is 0 Å². The molecule has 0 radical (unpaired) electrons. The van der Waals surface area contributed by atoms with Crippen molar-refractivity contribution in [2.75, 3.05) is 5.32 Å². The molecule has 0 aliphatic carbocycles. The third kappa shape index (κ3) is 2.61. The number of nitrogens with zero attached hydrogens (tertiary/aromatic N) is 3. The van der Waals surface area contributed by atoms with Crippen LogP contribution in [0, 0.1) is 20.8 Å². The Morgan fingerprint density at radius 3 is 2.56 bits per heavy atom. The molecule has 6 heteroatoms. The molecule has 2 aromatic rings. The summed E-state index contributed by atoms with van der Waals surface area (Å²) in [6.07, 6.45) is 0. The summed E-state index contributed by atoms with van der Waals surface area (Å²) in [5.74, 6) is 2.14. The number of hydrogen-bond acceptors (Lipinski definition) is 5. The molecular formula is C12H15ClN4O. The van der Waals surface area contributed by atoms with Crippen molar-refractivity contribution in [3.63, 3.8) is 0 Å². The second kappa shape index (κ2) is 4.94. The molecular weight excluding hydrogens is 252 g/mol. The van der Waals surface area contributed by atoms with Crippen LogP contribution in [0.4, 0.5) is 5.82 Å². The van der Waals surface area contributed by atoms with Crippen LogP contribution in [0.3, 0.4) is 0 Å². The van der Waals surface area contributed by atoms with Gasteiger partial charge in [0.2, 0.25) is 0 Å². The summed E-state index contributed by atoms with van der Waals surface area (Å²) in [6, 6.07) is 1.74. The lowest BCUT2D eigenvalue weighted by atomic mass is 10.1. The summed E-state index contributed by atoms with van der Waals surface area (Å²) >= 11 is 5.90. The fourth-order valence-electron chi connectivity index (χ4n) is 2.01. The Balaban J connectivity index is 2.24. The minimum atomic E-state index is 0.0432. The fourth-order valence-corrected chi connectivity index (χ4v) is 2.23. The van der Waals surface area contributed by atoms with Crippen LogP contribution < -0.4 is 5.32 Å². The Bertz CT molecular complexity index is 527. The first kappa shape index (κ1) is 12.8. The van der Waals surface area contributed by atoms with E-state index in [1.807, 2.05) is 20.8 Å². The van der Waals surface area contributed by atoms with E-state index in [0.717, 1.165) is 17.0 Å². The Hall–Kier alpha value is -1.62. The van der Waals surface area contributed by atoms with Crippen LogP contribution in [-0.2, 0) is 0 Å². The molecule has 1 N–H and O–H groups in total. The van der Waals surface area contributed by atoms with Crippen molar-refractivity contribution >= 4 is 17.4 Å². The molecule has 0 saturated heterocycles. The highest BCUT2D eigenvalue weighted by molar-refractivity contribution is 6.29. The number of hydrogen-bond donors (Lipinski definition) is 1. The largest absolute Gasteiger partial charge is 0.363 e. The third-order valence-electron chi connectivity index (χ3n) is 2.69. The van der Waals surface area contributed by atoms with Gasteiger partial charge in [0, 0.05) is 11.6 Å². The summed E-state index contributed by atoms with van der Waals surface area (Å²) in [5, 5.41) is 7.64. The van der Waals surface area contributed by atoms with E-state index in [2.05, 4.69) is 20.4 Å². The van der Waals surface area contributed by atoms with E-state index in [4.69, 9.17) is 16.1 Å². The molecule has 0 fully saturated rings. The molecule has 1 unspecified atom stereocenters. The van der Waals surface area contributed by atoms with Gasteiger partial charge in [-0.15, -0.1) is 0 Å². The Kier molecular flexibility index (Phi) is 3.52. The van der Waals surface area contributed by atoms with Gasteiger partial charge in [0.1, 0.15) is 22.6 Å². The van der Waals surface area contributed by atoms with Crippen molar-refractivity contribution in [1.82, 2.24) is 15.1 Å². The summed E-state index contributed by atoms with van der Waals surface area (Å²) in [5.41, 5.74) is 1.92. The molecule has 0 saturated carbocycles. The average molecular weight is 267 g/mol. The van der Waals surface area contributed by atoms with Crippen LogP contribution in [0.5, 0.6) is 0 Å². The molecule has 0 aromatic carbocycles. The van der Waals surface area contributed by atoms with Crippen LogP contribution in [0.1, 0.15) is 35.8 Å². The van der Waals surface area contributed by atoms with Gasteiger partial charge in [-0.2, -0.15) is 0 Å². The van der Waals surface area contributed by atoms with Crippen LogP contribution in [0.15, 0.2) is 10.6 Å². The fraction of sp³-hybridized carbons (Fsp3) is 0.417. The second-order valence-corrected chi connectivity index (χ2v) is 4.61. The predicted molar refractivity (Wildman–Crippen MR) is 69.8 cm³/mol. The van der Waals surface area contributed by atoms with Crippen LogP contribution >= 0.6 is 11.6 Å². The van der Waals surface area contributed by atoms with E-state index in [9.17, 15) is 0 Å². The van der Waals surface area contributed by atoms with E-state index in [-0.39, 0.29) is 6.04 Å². The topological polar surface area (TPSA) is 63.8 Å². The van der Waals surface area contributed by atoms with Gasteiger partial charge in [-0.05, 0) is 27.7 Å². The number of aryl methyl sites for hydroxylation is 3. The monoisotopic (exact) mass is 266 g/mol. The Morgan fingerprint density at radius 2 is 2.00 bits per heavy atom. The number of rotatable bonds is 3. The normalized spacial score (nSPS) is 12.5. The maximum atomic E-state index is 5.90. The highest BCUT2D eigenvalue weighted by Crippen LogP contribution is 2.24. The Morgan fingerprint density at radius 1 is 1.28 bits per heavy atom. The molecule has 0 aliphatic rings. The van der Waals surface area contributed by atoms with Crippen molar-refractivity contribution < 1.29 is 4.52 Å². The van der Waals surface area contributed by atoms with E-state index in [1.54, 1.807) is 13.0 Å². The first-order valence-electron chi connectivity index (χ1n) is 5.68. The van der Waals surface area contributed by atoms with Crippen molar-refractivity contribution in [3.05, 3.63) is 34.1 Å². The molecule has 5 nitrogen and oxygen atoms in total. The number of aromatic nitrogens is 3. The number of anilines is 1. The Labute approximate surface area is 111 Å². The van der Waals surface area contributed by atoms with E-state index < -0.39 is 0 Å². The van der Waals surface area contributed by atoms with Gasteiger partial charge in [-0.1, -0.05) is 16.8 Å². The maximum absolute atomic E-state index is 5.90. The predicted octanol–water partition coefficient (Wildman–Crippen LogP) is 3.22. The lowest BCUT2D eigenvalue weighted by Crippen LogP contribution is -2.10. The van der Waals surface area contributed by atoms with Gasteiger partial charge in [0.25, 0.3) is 0 Å². The highest BCUT2D eigenvalue weighted by Gasteiger charge is 2.16. The summed E-state index contributed by atoms with van der Waals surface area (Å²) in [4.78, 5) is 8.31. The lowest BCUT2D eigenvalue weighted by Gasteiger charge is -2.14. The molecule has 2 heterocycles. The molecule has 2 rings (SSSR count). The average Bonchev–Trinajstić information content (AvgIpc) is 2.56. The summed E-state index contributed by atoms with van der Waals surface area (Å²) in [6.45, 7) is 7.64. The van der Waals surface area contributed by atoms with Crippen molar-refractivity contribution in [1.29, 1.82) is 0 Å². The molecule has 2 aromatic heterocycles. The van der Waals surface area contributed by atoms with Gasteiger partial charge in [-0.25, -0.2) is 9.97 Å². The molecule has 0 spiro atoms. The highest BCUT2D eigenvalue weighted by atomic mass is 35.5. The van der Waals surface area contributed by atoms with Crippen LogP contribution in [0.25, 0.3) is 0 Å². The van der Waals surface area contributed by atoms with Crippen molar-refractivity contribution in [3.8, 4) is 0 Å². The van der Waals surface area contributed by atoms with Crippen molar-refractivity contribution in [2.45, 2.75) is 33.7 Å². The quantitative estimate of drug-likeness (QED) is 0.864. The van der Waals surface area contributed by atoms with Gasteiger partial charge in [0.05, 0.1) is 11.7 Å². The van der Waals surface area contributed by atoms with E-state index in [0.29, 0.717) is 16.8 Å². The smallest absolute Gasteiger partial charge is 0.139 e.